The van der Waals surface area contributed by atoms with Crippen molar-refractivity contribution in [2.75, 3.05) is 11.5 Å². The highest BCUT2D eigenvalue weighted by Crippen LogP contribution is 2.39. The van der Waals surface area contributed by atoms with Crippen molar-refractivity contribution in [3.63, 3.8) is 0 Å². The van der Waals surface area contributed by atoms with Gasteiger partial charge in [0.05, 0.1) is 11.5 Å². The summed E-state index contributed by atoms with van der Waals surface area (Å²) in [5, 5.41) is 0. The lowest BCUT2D eigenvalue weighted by Crippen LogP contribution is -2.34. The summed E-state index contributed by atoms with van der Waals surface area (Å²) < 4.78 is 50.9. The Morgan fingerprint density at radius 1 is 1.35 bits per heavy atom. The van der Waals surface area contributed by atoms with Crippen LogP contribution >= 0.6 is 15.9 Å². The van der Waals surface area contributed by atoms with E-state index in [9.17, 15) is 17.2 Å². The van der Waals surface area contributed by atoms with Gasteiger partial charge in [0.2, 0.25) is 5.95 Å². The van der Waals surface area contributed by atoms with E-state index in [4.69, 9.17) is 0 Å². The van der Waals surface area contributed by atoms with Gasteiger partial charge in [-0.05, 0) is 34.8 Å². The Labute approximate surface area is 106 Å². The molecule has 94 valence electrons. The zero-order valence-electron chi connectivity index (χ0n) is 8.79. The van der Waals surface area contributed by atoms with Crippen LogP contribution in [-0.4, -0.2) is 24.9 Å². The molecule has 3 nitrogen and oxygen atoms in total. The van der Waals surface area contributed by atoms with E-state index in [0.717, 1.165) is 0 Å². The minimum absolute atomic E-state index is 0.165. The quantitative estimate of drug-likeness (QED) is 0.745. The Kier molecular flexibility index (Phi) is 3.24. The molecule has 1 aromatic rings. The predicted molar refractivity (Wildman–Crippen MR) is 62.6 cm³/mol. The second kappa shape index (κ2) is 4.28. The summed E-state index contributed by atoms with van der Waals surface area (Å²) in [6.07, 6.45) is 0.802. The monoisotopic (exact) mass is 325 g/mol. The summed E-state index contributed by atoms with van der Waals surface area (Å²) in [5.74, 6) is -1.39. The summed E-state index contributed by atoms with van der Waals surface area (Å²) in [4.78, 5) is 3.43. The fourth-order valence-corrected chi connectivity index (χ4v) is 3.67. The molecule has 1 aliphatic heterocycles. The third kappa shape index (κ3) is 2.65. The van der Waals surface area contributed by atoms with Gasteiger partial charge in [-0.3, -0.25) is 0 Å². The zero-order valence-corrected chi connectivity index (χ0v) is 11.2. The molecule has 0 bridgehead atoms. The Hall–Kier alpha value is -0.560. The van der Waals surface area contributed by atoms with Gasteiger partial charge in [0.1, 0.15) is 5.67 Å². The van der Waals surface area contributed by atoms with Gasteiger partial charge >= 0.3 is 0 Å². The summed E-state index contributed by atoms with van der Waals surface area (Å²) in [6, 6.07) is 1.32. The van der Waals surface area contributed by atoms with Gasteiger partial charge in [0, 0.05) is 16.2 Å². The molecule has 1 fully saturated rings. The van der Waals surface area contributed by atoms with Gasteiger partial charge in [-0.25, -0.2) is 17.8 Å². The number of hydrogen-bond donors (Lipinski definition) is 0. The lowest BCUT2D eigenvalue weighted by molar-refractivity contribution is 0.140. The molecule has 0 aromatic carbocycles. The van der Waals surface area contributed by atoms with Crippen LogP contribution in [0.25, 0.3) is 0 Å². The minimum atomic E-state index is -3.18. The first-order chi connectivity index (χ1) is 7.82. The van der Waals surface area contributed by atoms with Crippen LogP contribution in [-0.2, 0) is 15.5 Å². The summed E-state index contributed by atoms with van der Waals surface area (Å²) >= 11 is 3.10. The number of sulfone groups is 1. The fourth-order valence-electron chi connectivity index (χ4n) is 1.87. The molecule has 7 heteroatoms. The van der Waals surface area contributed by atoms with E-state index in [1.54, 1.807) is 0 Å². The van der Waals surface area contributed by atoms with Gasteiger partial charge in [-0.15, -0.1) is 0 Å². The molecule has 0 amide bonds. The molecule has 1 aliphatic rings. The van der Waals surface area contributed by atoms with E-state index >= 15 is 0 Å². The normalized spacial score (nSPS) is 22.3. The molecule has 1 aromatic heterocycles. The van der Waals surface area contributed by atoms with Crippen molar-refractivity contribution in [2.45, 2.75) is 18.5 Å². The SMILES string of the molecule is O=S1(=O)CCC(F)(c2cc(Br)cnc2F)CC1. The smallest absolute Gasteiger partial charge is 0.219 e. The number of alkyl halides is 1. The van der Waals surface area contributed by atoms with Crippen molar-refractivity contribution < 1.29 is 17.2 Å². The van der Waals surface area contributed by atoms with Gasteiger partial charge in [0.25, 0.3) is 0 Å². The maximum Gasteiger partial charge on any atom is 0.219 e. The summed E-state index contributed by atoms with van der Waals surface area (Å²) in [7, 11) is -3.18. The van der Waals surface area contributed by atoms with Crippen LogP contribution in [0.4, 0.5) is 8.78 Å². The lowest BCUT2D eigenvalue weighted by Gasteiger charge is -2.29. The molecule has 0 spiro atoms. The molecule has 0 saturated carbocycles. The lowest BCUT2D eigenvalue weighted by atomic mass is 9.91. The maximum absolute atomic E-state index is 14.5. The molecule has 17 heavy (non-hydrogen) atoms. The van der Waals surface area contributed by atoms with Crippen LogP contribution in [0.1, 0.15) is 18.4 Å². The second-order valence-electron chi connectivity index (χ2n) is 4.11. The predicted octanol–water partition coefficient (Wildman–Crippen LogP) is 2.36. The number of rotatable bonds is 1. The Bertz CT molecular complexity index is 533. The maximum atomic E-state index is 14.5. The largest absolute Gasteiger partial charge is 0.238 e. The first-order valence-electron chi connectivity index (χ1n) is 5.03. The van der Waals surface area contributed by atoms with Gasteiger partial charge in [-0.2, -0.15) is 4.39 Å². The minimum Gasteiger partial charge on any atom is -0.238 e. The van der Waals surface area contributed by atoms with E-state index in [0.29, 0.717) is 4.47 Å². The van der Waals surface area contributed by atoms with Crippen LogP contribution in [0.3, 0.4) is 0 Å². The Morgan fingerprint density at radius 2 is 1.94 bits per heavy atom. The van der Waals surface area contributed by atoms with Crippen molar-refractivity contribution in [1.29, 1.82) is 0 Å². The van der Waals surface area contributed by atoms with Crippen LogP contribution in [0.2, 0.25) is 0 Å². The van der Waals surface area contributed by atoms with Crippen molar-refractivity contribution >= 4 is 25.8 Å². The first-order valence-corrected chi connectivity index (χ1v) is 7.65. The number of aromatic nitrogens is 1. The van der Waals surface area contributed by atoms with E-state index < -0.39 is 21.5 Å². The van der Waals surface area contributed by atoms with Gasteiger partial charge in [-0.1, -0.05) is 0 Å². The number of nitrogens with zero attached hydrogens (tertiary/aromatic N) is 1. The molecule has 0 radical (unpaired) electrons. The van der Waals surface area contributed by atoms with Crippen LogP contribution in [0.5, 0.6) is 0 Å². The molecular formula is C10H10BrF2NO2S. The molecule has 0 aliphatic carbocycles. The highest BCUT2D eigenvalue weighted by atomic mass is 79.9. The van der Waals surface area contributed by atoms with Crippen LogP contribution < -0.4 is 0 Å². The summed E-state index contributed by atoms with van der Waals surface area (Å²) in [5.41, 5.74) is -2.10. The molecule has 0 N–H and O–H groups in total. The topological polar surface area (TPSA) is 47.0 Å². The number of hydrogen-bond acceptors (Lipinski definition) is 3. The number of pyridine rings is 1. The van der Waals surface area contributed by atoms with Crippen molar-refractivity contribution in [1.82, 2.24) is 4.98 Å². The van der Waals surface area contributed by atoms with Crippen LogP contribution in [0, 0.1) is 5.95 Å². The van der Waals surface area contributed by atoms with Gasteiger partial charge < -0.3 is 0 Å². The molecule has 0 atom stereocenters. The van der Waals surface area contributed by atoms with E-state index in [1.165, 1.54) is 12.3 Å². The van der Waals surface area contributed by atoms with Crippen molar-refractivity contribution in [3.05, 3.63) is 28.2 Å². The standard InChI is InChI=1S/C10H10BrF2NO2S/c11-7-5-8(9(12)14-6-7)10(13)1-3-17(15,16)4-2-10/h5-6H,1-4H2. The average Bonchev–Trinajstić information content (AvgIpc) is 2.26. The molecule has 0 unspecified atom stereocenters. The Balaban J connectivity index is 2.36. The highest BCUT2D eigenvalue weighted by Gasteiger charge is 2.41. The molecule has 1 saturated heterocycles. The first kappa shape index (κ1) is 12.9. The van der Waals surface area contributed by atoms with Crippen LogP contribution in [0.15, 0.2) is 16.7 Å². The van der Waals surface area contributed by atoms with Crippen molar-refractivity contribution in [3.8, 4) is 0 Å². The molecule has 2 rings (SSSR count). The highest BCUT2D eigenvalue weighted by molar-refractivity contribution is 9.10. The van der Waals surface area contributed by atoms with Gasteiger partial charge in [0.15, 0.2) is 9.84 Å². The van der Waals surface area contributed by atoms with E-state index in [1.807, 2.05) is 0 Å². The Morgan fingerprint density at radius 3 is 2.53 bits per heavy atom. The zero-order chi connectivity index (χ0) is 12.7. The third-order valence-electron chi connectivity index (χ3n) is 2.91. The number of halogens is 3. The fraction of sp³-hybridized carbons (Fsp3) is 0.500. The van der Waals surface area contributed by atoms with E-state index in [2.05, 4.69) is 20.9 Å². The van der Waals surface area contributed by atoms with E-state index in [-0.39, 0.29) is 29.9 Å². The molecular weight excluding hydrogens is 316 g/mol. The summed E-state index contributed by atoms with van der Waals surface area (Å²) in [6.45, 7) is 0. The van der Waals surface area contributed by atoms with Crippen molar-refractivity contribution in [2.24, 2.45) is 0 Å². The average molecular weight is 326 g/mol. The third-order valence-corrected chi connectivity index (χ3v) is 4.99. The second-order valence-corrected chi connectivity index (χ2v) is 7.33. The molecule has 2 heterocycles.